The number of amides is 1. The summed E-state index contributed by atoms with van der Waals surface area (Å²) in [5.41, 5.74) is 6.73. The largest absolute Gasteiger partial charge is 0.336 e. The van der Waals surface area contributed by atoms with Crippen LogP contribution < -0.4 is 5.73 Å². The predicted octanol–water partition coefficient (Wildman–Crippen LogP) is 1.88. The van der Waals surface area contributed by atoms with Crippen LogP contribution in [0.15, 0.2) is 5.38 Å². The quantitative estimate of drug-likeness (QED) is 0.820. The maximum absolute atomic E-state index is 12.0. The lowest BCUT2D eigenvalue weighted by Crippen LogP contribution is -2.31. The third-order valence-electron chi connectivity index (χ3n) is 2.61. The van der Waals surface area contributed by atoms with Crippen LogP contribution in [0.4, 0.5) is 0 Å². The zero-order valence-corrected chi connectivity index (χ0v) is 10.1. The van der Waals surface area contributed by atoms with E-state index in [4.69, 9.17) is 17.3 Å². The lowest BCUT2D eigenvalue weighted by atomic mass is 10.3. The molecule has 1 aliphatic rings. The third kappa shape index (κ3) is 2.02. The second kappa shape index (κ2) is 4.12. The fourth-order valence-corrected chi connectivity index (χ4v) is 2.93. The van der Waals surface area contributed by atoms with Gasteiger partial charge in [0.25, 0.3) is 5.91 Å². The Labute approximate surface area is 97.8 Å². The van der Waals surface area contributed by atoms with Gasteiger partial charge in [0.05, 0.1) is 5.02 Å². The molecule has 0 aromatic carbocycles. The van der Waals surface area contributed by atoms with E-state index in [9.17, 15) is 4.79 Å². The Bertz CT molecular complexity index is 391. The molecule has 3 nitrogen and oxygen atoms in total. The number of nitrogens with zero attached hydrogens (tertiary/aromatic N) is 1. The van der Waals surface area contributed by atoms with Crippen LogP contribution in [0.25, 0.3) is 0 Å². The molecule has 15 heavy (non-hydrogen) atoms. The van der Waals surface area contributed by atoms with E-state index in [0.29, 0.717) is 16.4 Å². The molecule has 0 radical (unpaired) electrons. The Morgan fingerprint density at radius 1 is 1.73 bits per heavy atom. The first-order valence-corrected chi connectivity index (χ1v) is 6.14. The van der Waals surface area contributed by atoms with Crippen LogP contribution in [0.5, 0.6) is 0 Å². The molecule has 0 bridgehead atoms. The molecule has 5 heteroatoms. The molecule has 2 heterocycles. The molecule has 0 aliphatic carbocycles. The van der Waals surface area contributed by atoms with E-state index in [1.807, 2.05) is 12.3 Å². The third-order valence-corrected chi connectivity index (χ3v) is 4.29. The van der Waals surface area contributed by atoms with Crippen molar-refractivity contribution in [3.05, 3.63) is 20.8 Å². The topological polar surface area (TPSA) is 46.3 Å². The first-order valence-electron chi connectivity index (χ1n) is 4.88. The Kier molecular flexibility index (Phi) is 3.00. The van der Waals surface area contributed by atoms with Crippen LogP contribution in [0.1, 0.15) is 21.7 Å². The Morgan fingerprint density at radius 3 is 2.93 bits per heavy atom. The molecule has 1 aromatic heterocycles. The molecule has 1 atom stereocenters. The lowest BCUT2D eigenvalue weighted by Gasteiger charge is -2.14. The van der Waals surface area contributed by atoms with Gasteiger partial charge in [-0.3, -0.25) is 4.79 Å². The van der Waals surface area contributed by atoms with Crippen LogP contribution in [0.2, 0.25) is 5.02 Å². The maximum Gasteiger partial charge on any atom is 0.265 e. The summed E-state index contributed by atoms with van der Waals surface area (Å²) in [5.74, 6) is 0.0195. The molecule has 1 saturated heterocycles. The van der Waals surface area contributed by atoms with Gasteiger partial charge >= 0.3 is 0 Å². The van der Waals surface area contributed by atoms with Crippen molar-refractivity contribution in [2.24, 2.45) is 5.73 Å². The zero-order chi connectivity index (χ0) is 11.0. The van der Waals surface area contributed by atoms with Crippen molar-refractivity contribution >= 4 is 28.8 Å². The number of halogens is 1. The van der Waals surface area contributed by atoms with Crippen LogP contribution in [-0.4, -0.2) is 29.9 Å². The molecule has 2 N–H and O–H groups in total. The van der Waals surface area contributed by atoms with E-state index in [2.05, 4.69) is 0 Å². The first kappa shape index (κ1) is 10.9. The second-order valence-corrected chi connectivity index (χ2v) is 5.12. The van der Waals surface area contributed by atoms with Gasteiger partial charge in [-0.05, 0) is 24.3 Å². The van der Waals surface area contributed by atoms with Crippen LogP contribution >= 0.6 is 22.9 Å². The van der Waals surface area contributed by atoms with E-state index in [-0.39, 0.29) is 11.9 Å². The molecule has 1 fully saturated rings. The molecule has 1 aromatic rings. The van der Waals surface area contributed by atoms with Crippen molar-refractivity contribution in [2.45, 2.75) is 19.4 Å². The summed E-state index contributed by atoms with van der Waals surface area (Å²) in [6.45, 7) is 3.30. The highest BCUT2D eigenvalue weighted by molar-refractivity contribution is 7.13. The number of hydrogen-bond donors (Lipinski definition) is 1. The van der Waals surface area contributed by atoms with Gasteiger partial charge in [0, 0.05) is 19.1 Å². The normalized spacial score (nSPS) is 21.0. The van der Waals surface area contributed by atoms with E-state index >= 15 is 0 Å². The van der Waals surface area contributed by atoms with Gasteiger partial charge in [-0.25, -0.2) is 0 Å². The number of thiophene rings is 1. The average molecular weight is 245 g/mol. The number of likely N-dealkylation sites (tertiary alicyclic amines) is 1. The van der Waals surface area contributed by atoms with E-state index < -0.39 is 0 Å². The van der Waals surface area contributed by atoms with Crippen molar-refractivity contribution in [3.8, 4) is 0 Å². The summed E-state index contributed by atoms with van der Waals surface area (Å²) in [6.07, 6.45) is 0.883. The average Bonchev–Trinajstić information content (AvgIpc) is 2.75. The van der Waals surface area contributed by atoms with E-state index in [0.717, 1.165) is 18.5 Å². The number of nitrogens with two attached hydrogens (primary N) is 1. The summed E-state index contributed by atoms with van der Waals surface area (Å²) in [6, 6.07) is 0.119. The van der Waals surface area contributed by atoms with E-state index in [1.54, 1.807) is 4.90 Å². The van der Waals surface area contributed by atoms with Gasteiger partial charge < -0.3 is 10.6 Å². The molecule has 0 spiro atoms. The predicted molar refractivity (Wildman–Crippen MR) is 62.6 cm³/mol. The van der Waals surface area contributed by atoms with Gasteiger partial charge in [-0.1, -0.05) is 11.6 Å². The second-order valence-electron chi connectivity index (χ2n) is 3.86. The van der Waals surface area contributed by atoms with Gasteiger partial charge in [0.1, 0.15) is 4.88 Å². The smallest absolute Gasteiger partial charge is 0.265 e. The number of carbonyl (C=O) groups is 1. The fourth-order valence-electron chi connectivity index (χ4n) is 1.69. The molecule has 2 rings (SSSR count). The minimum atomic E-state index is 0.0195. The maximum atomic E-state index is 12.0. The van der Waals surface area contributed by atoms with Crippen LogP contribution in [0, 0.1) is 6.92 Å². The standard InChI is InChI=1S/C10H13ClN2OS/c1-6-5-15-9(8(6)11)10(14)13-3-2-7(12)4-13/h5,7H,2-4,12H2,1H3/t7-/m0/s1. The van der Waals surface area contributed by atoms with Crippen molar-refractivity contribution < 1.29 is 4.79 Å². The summed E-state index contributed by atoms with van der Waals surface area (Å²) in [4.78, 5) is 14.4. The molecule has 82 valence electrons. The van der Waals surface area contributed by atoms with Crippen molar-refractivity contribution in [2.75, 3.05) is 13.1 Å². The van der Waals surface area contributed by atoms with Gasteiger partial charge in [0.2, 0.25) is 0 Å². The van der Waals surface area contributed by atoms with Gasteiger partial charge in [-0.2, -0.15) is 0 Å². The first-order chi connectivity index (χ1) is 7.09. The summed E-state index contributed by atoms with van der Waals surface area (Å²) in [5, 5.41) is 2.50. The summed E-state index contributed by atoms with van der Waals surface area (Å²) < 4.78 is 0. The number of aryl methyl sites for hydroxylation is 1. The SMILES string of the molecule is Cc1csc(C(=O)N2CC[C@H](N)C2)c1Cl. The number of carbonyl (C=O) groups excluding carboxylic acids is 1. The van der Waals surface area contributed by atoms with Crippen LogP contribution in [-0.2, 0) is 0 Å². The van der Waals surface area contributed by atoms with Crippen molar-refractivity contribution in [1.82, 2.24) is 4.90 Å². The van der Waals surface area contributed by atoms with Gasteiger partial charge in [0.15, 0.2) is 0 Å². The molecular formula is C10H13ClN2OS. The lowest BCUT2D eigenvalue weighted by molar-refractivity contribution is 0.0796. The summed E-state index contributed by atoms with van der Waals surface area (Å²) in [7, 11) is 0. The zero-order valence-electron chi connectivity index (χ0n) is 8.50. The molecule has 0 unspecified atom stereocenters. The number of rotatable bonds is 1. The minimum absolute atomic E-state index is 0.0195. The van der Waals surface area contributed by atoms with E-state index in [1.165, 1.54) is 11.3 Å². The molecule has 0 saturated carbocycles. The van der Waals surface area contributed by atoms with Crippen LogP contribution in [0.3, 0.4) is 0 Å². The highest BCUT2D eigenvalue weighted by atomic mass is 35.5. The Hall–Kier alpha value is -0.580. The monoisotopic (exact) mass is 244 g/mol. The number of hydrogen-bond acceptors (Lipinski definition) is 3. The minimum Gasteiger partial charge on any atom is -0.336 e. The van der Waals surface area contributed by atoms with Crippen molar-refractivity contribution in [1.29, 1.82) is 0 Å². The molecule has 1 aliphatic heterocycles. The molecule has 1 amide bonds. The fraction of sp³-hybridized carbons (Fsp3) is 0.500. The Balaban J connectivity index is 2.18. The Morgan fingerprint density at radius 2 is 2.47 bits per heavy atom. The molecular weight excluding hydrogens is 232 g/mol. The highest BCUT2D eigenvalue weighted by Crippen LogP contribution is 2.29. The highest BCUT2D eigenvalue weighted by Gasteiger charge is 2.27. The van der Waals surface area contributed by atoms with Crippen molar-refractivity contribution in [3.63, 3.8) is 0 Å². The summed E-state index contributed by atoms with van der Waals surface area (Å²) >= 11 is 7.46. The van der Waals surface area contributed by atoms with Gasteiger partial charge in [-0.15, -0.1) is 11.3 Å².